The maximum absolute atomic E-state index is 12.3. The largest absolute Gasteiger partial charge is 0.494 e. The molecule has 3 rings (SSSR count). The van der Waals surface area contributed by atoms with E-state index in [1.807, 2.05) is 31.2 Å². The van der Waals surface area contributed by atoms with Gasteiger partial charge < -0.3 is 20.5 Å². The van der Waals surface area contributed by atoms with E-state index in [1.54, 1.807) is 42.7 Å². The van der Waals surface area contributed by atoms with Gasteiger partial charge in [-0.3, -0.25) is 9.78 Å². The Morgan fingerprint density at radius 3 is 2.38 bits per heavy atom. The highest BCUT2D eigenvalue weighted by Crippen LogP contribution is 2.28. The molecule has 0 saturated carbocycles. The van der Waals surface area contributed by atoms with Gasteiger partial charge in [0.25, 0.3) is 5.91 Å². The van der Waals surface area contributed by atoms with Crippen molar-refractivity contribution in [3.8, 4) is 17.2 Å². The van der Waals surface area contributed by atoms with Crippen molar-refractivity contribution in [3.63, 3.8) is 0 Å². The summed E-state index contributed by atoms with van der Waals surface area (Å²) in [5.74, 6) is 1.70. The van der Waals surface area contributed by atoms with Gasteiger partial charge in [-0.05, 0) is 49.4 Å². The number of nitrogens with one attached hydrogen (secondary N) is 1. The molecule has 0 aliphatic carbocycles. The number of rotatable bonds is 6. The molecule has 2 aromatic carbocycles. The number of nitrogen functional groups attached to an aromatic ring is 1. The zero-order chi connectivity index (χ0) is 18.4. The van der Waals surface area contributed by atoms with Gasteiger partial charge in [0.15, 0.2) is 0 Å². The fourth-order valence-corrected chi connectivity index (χ4v) is 2.37. The molecule has 132 valence electrons. The van der Waals surface area contributed by atoms with Crippen LogP contribution < -0.4 is 20.5 Å². The quantitative estimate of drug-likeness (QED) is 0.654. The second-order valence-electron chi connectivity index (χ2n) is 5.49. The number of carbonyl (C=O) groups is 1. The minimum absolute atomic E-state index is 0.245. The van der Waals surface area contributed by atoms with Gasteiger partial charge in [0.2, 0.25) is 0 Å². The fraction of sp³-hybridized carbons (Fsp3) is 0.100. The monoisotopic (exact) mass is 349 g/mol. The number of amides is 1. The van der Waals surface area contributed by atoms with Crippen molar-refractivity contribution < 1.29 is 14.3 Å². The molecule has 26 heavy (non-hydrogen) atoms. The van der Waals surface area contributed by atoms with Crippen LogP contribution in [0.25, 0.3) is 0 Å². The van der Waals surface area contributed by atoms with Crippen LogP contribution in [0.3, 0.4) is 0 Å². The highest BCUT2D eigenvalue weighted by molar-refractivity contribution is 6.04. The number of hydrogen-bond acceptors (Lipinski definition) is 5. The number of carbonyl (C=O) groups excluding carboxylic acids is 1. The van der Waals surface area contributed by atoms with Crippen molar-refractivity contribution in [1.82, 2.24) is 4.98 Å². The smallest absolute Gasteiger partial charge is 0.255 e. The van der Waals surface area contributed by atoms with E-state index in [-0.39, 0.29) is 5.91 Å². The van der Waals surface area contributed by atoms with E-state index in [0.717, 1.165) is 5.75 Å². The molecule has 0 aliphatic heterocycles. The van der Waals surface area contributed by atoms with Crippen LogP contribution in [0.2, 0.25) is 0 Å². The average Bonchev–Trinajstić information content (AvgIpc) is 2.64. The third-order valence-electron chi connectivity index (χ3n) is 3.50. The van der Waals surface area contributed by atoms with Crippen LogP contribution in [0.4, 0.5) is 11.4 Å². The lowest BCUT2D eigenvalue weighted by molar-refractivity contribution is 0.102. The number of aromatic nitrogens is 1. The first kappa shape index (κ1) is 17.3. The van der Waals surface area contributed by atoms with Crippen molar-refractivity contribution in [1.29, 1.82) is 0 Å². The van der Waals surface area contributed by atoms with Crippen LogP contribution >= 0.6 is 0 Å². The first-order chi connectivity index (χ1) is 12.6. The van der Waals surface area contributed by atoms with Crippen LogP contribution in [0, 0.1) is 0 Å². The molecular formula is C20H19N3O3. The summed E-state index contributed by atoms with van der Waals surface area (Å²) in [7, 11) is 0. The third kappa shape index (κ3) is 4.51. The minimum Gasteiger partial charge on any atom is -0.494 e. The Morgan fingerprint density at radius 2 is 1.69 bits per heavy atom. The number of benzene rings is 2. The molecule has 1 heterocycles. The molecule has 0 unspecified atom stereocenters. The minimum atomic E-state index is -0.245. The summed E-state index contributed by atoms with van der Waals surface area (Å²) in [4.78, 5) is 16.2. The van der Waals surface area contributed by atoms with Crippen molar-refractivity contribution in [3.05, 3.63) is 72.6 Å². The molecule has 0 aliphatic rings. The van der Waals surface area contributed by atoms with Crippen LogP contribution in [-0.2, 0) is 0 Å². The van der Waals surface area contributed by atoms with Gasteiger partial charge in [0.1, 0.15) is 17.2 Å². The SMILES string of the molecule is CCOc1ccc(Oc2cc(N)cc(NC(=O)c3ccncc3)c2)cc1. The van der Waals surface area contributed by atoms with Crippen molar-refractivity contribution in [2.45, 2.75) is 6.92 Å². The van der Waals surface area contributed by atoms with Crippen LogP contribution in [0.5, 0.6) is 17.2 Å². The van der Waals surface area contributed by atoms with Crippen molar-refractivity contribution in [2.24, 2.45) is 0 Å². The van der Waals surface area contributed by atoms with Gasteiger partial charge in [-0.15, -0.1) is 0 Å². The zero-order valence-electron chi connectivity index (χ0n) is 14.3. The fourth-order valence-electron chi connectivity index (χ4n) is 2.37. The summed E-state index contributed by atoms with van der Waals surface area (Å²) in [5, 5.41) is 2.80. The number of ether oxygens (including phenoxy) is 2. The second-order valence-corrected chi connectivity index (χ2v) is 5.49. The predicted octanol–water partition coefficient (Wildman–Crippen LogP) is 4.11. The molecule has 1 amide bonds. The predicted molar refractivity (Wildman–Crippen MR) is 101 cm³/mol. The molecule has 1 aromatic heterocycles. The number of nitrogens with two attached hydrogens (primary N) is 1. The molecule has 0 spiro atoms. The highest BCUT2D eigenvalue weighted by atomic mass is 16.5. The maximum Gasteiger partial charge on any atom is 0.255 e. The van der Waals surface area contributed by atoms with Crippen LogP contribution in [0.15, 0.2) is 67.0 Å². The Balaban J connectivity index is 1.74. The molecule has 6 nitrogen and oxygen atoms in total. The summed E-state index contributed by atoms with van der Waals surface area (Å²) in [6.07, 6.45) is 3.13. The normalized spacial score (nSPS) is 10.2. The van der Waals surface area contributed by atoms with Crippen molar-refractivity contribution >= 4 is 17.3 Å². The number of anilines is 2. The first-order valence-corrected chi connectivity index (χ1v) is 8.16. The molecule has 3 N–H and O–H groups in total. The highest BCUT2D eigenvalue weighted by Gasteiger charge is 2.08. The Bertz CT molecular complexity index is 881. The summed E-state index contributed by atoms with van der Waals surface area (Å²) >= 11 is 0. The molecule has 0 fully saturated rings. The number of hydrogen-bond donors (Lipinski definition) is 2. The van der Waals surface area contributed by atoms with E-state index in [2.05, 4.69) is 10.3 Å². The Morgan fingerprint density at radius 1 is 1.00 bits per heavy atom. The van der Waals surface area contributed by atoms with E-state index in [9.17, 15) is 4.79 Å². The topological polar surface area (TPSA) is 86.5 Å². The molecule has 0 bridgehead atoms. The third-order valence-corrected chi connectivity index (χ3v) is 3.50. The van der Waals surface area contributed by atoms with Gasteiger partial charge in [-0.1, -0.05) is 0 Å². The summed E-state index contributed by atoms with van der Waals surface area (Å²) < 4.78 is 11.2. The van der Waals surface area contributed by atoms with Crippen molar-refractivity contribution in [2.75, 3.05) is 17.7 Å². The van der Waals surface area contributed by atoms with Crippen LogP contribution in [-0.4, -0.2) is 17.5 Å². The Hall–Kier alpha value is -3.54. The van der Waals surface area contributed by atoms with E-state index in [0.29, 0.717) is 35.0 Å². The molecular weight excluding hydrogens is 330 g/mol. The molecule has 0 saturated heterocycles. The van der Waals surface area contributed by atoms with E-state index in [1.165, 1.54) is 0 Å². The van der Waals surface area contributed by atoms with Crippen LogP contribution in [0.1, 0.15) is 17.3 Å². The summed E-state index contributed by atoms with van der Waals surface area (Å²) in [5.41, 5.74) is 7.47. The van der Waals surface area contributed by atoms with E-state index < -0.39 is 0 Å². The van der Waals surface area contributed by atoms with Gasteiger partial charge >= 0.3 is 0 Å². The number of nitrogens with zero attached hydrogens (tertiary/aromatic N) is 1. The van der Waals surface area contributed by atoms with E-state index >= 15 is 0 Å². The lowest BCUT2D eigenvalue weighted by atomic mass is 10.2. The molecule has 3 aromatic rings. The molecule has 0 atom stereocenters. The zero-order valence-corrected chi connectivity index (χ0v) is 14.3. The van der Waals surface area contributed by atoms with Gasteiger partial charge in [0, 0.05) is 41.5 Å². The van der Waals surface area contributed by atoms with Gasteiger partial charge in [-0.25, -0.2) is 0 Å². The lowest BCUT2D eigenvalue weighted by Crippen LogP contribution is -2.12. The maximum atomic E-state index is 12.3. The Kier molecular flexibility index (Phi) is 5.34. The standard InChI is InChI=1S/C20H19N3O3/c1-2-25-17-3-5-18(6-4-17)26-19-12-15(21)11-16(13-19)23-20(24)14-7-9-22-10-8-14/h3-13H,2,21H2,1H3,(H,23,24). The second kappa shape index (κ2) is 8.02. The molecule has 6 heteroatoms. The Labute approximate surface area is 151 Å². The summed E-state index contributed by atoms with van der Waals surface area (Å²) in [6.45, 7) is 2.54. The van der Waals surface area contributed by atoms with Gasteiger partial charge in [-0.2, -0.15) is 0 Å². The summed E-state index contributed by atoms with van der Waals surface area (Å²) in [6, 6.07) is 15.6. The molecule has 0 radical (unpaired) electrons. The lowest BCUT2D eigenvalue weighted by Gasteiger charge is -2.11. The first-order valence-electron chi connectivity index (χ1n) is 8.16. The van der Waals surface area contributed by atoms with Gasteiger partial charge in [0.05, 0.1) is 6.61 Å². The van der Waals surface area contributed by atoms with E-state index in [4.69, 9.17) is 15.2 Å². The number of pyridine rings is 1. The average molecular weight is 349 g/mol.